The summed E-state index contributed by atoms with van der Waals surface area (Å²) in [5, 5.41) is 3.04. The first-order chi connectivity index (χ1) is 7.88. The van der Waals surface area contributed by atoms with Crippen molar-refractivity contribution in [2.24, 2.45) is 0 Å². The molecule has 1 N–H and O–H groups in total. The highest BCUT2D eigenvalue weighted by molar-refractivity contribution is 5.06. The van der Waals surface area contributed by atoms with Gasteiger partial charge in [-0.15, -0.1) is 0 Å². The second-order valence-corrected chi connectivity index (χ2v) is 4.05. The number of nitrogens with one attached hydrogen (secondary N) is 1. The lowest BCUT2D eigenvalue weighted by Gasteiger charge is -2.08. The van der Waals surface area contributed by atoms with E-state index >= 15 is 0 Å². The van der Waals surface area contributed by atoms with Gasteiger partial charge in [-0.3, -0.25) is 0 Å². The molecule has 0 aromatic carbocycles. The molecule has 1 aliphatic heterocycles. The molecule has 2 rings (SSSR count). The number of rotatable bonds is 6. The predicted molar refractivity (Wildman–Crippen MR) is 60.1 cm³/mol. The molecule has 1 aromatic rings. The molecular formula is C12H19NO3. The molecule has 0 spiro atoms. The van der Waals surface area contributed by atoms with Gasteiger partial charge in [-0.05, 0) is 32.0 Å². The predicted octanol–water partition coefficient (Wildman–Crippen LogP) is 1.69. The van der Waals surface area contributed by atoms with E-state index in [2.05, 4.69) is 5.32 Å². The first-order valence-electron chi connectivity index (χ1n) is 5.80. The largest absolute Gasteiger partial charge is 0.462 e. The maximum Gasteiger partial charge on any atom is 0.129 e. The van der Waals surface area contributed by atoms with Crippen molar-refractivity contribution in [3.8, 4) is 0 Å². The summed E-state index contributed by atoms with van der Waals surface area (Å²) in [5.74, 6) is 1.82. The van der Waals surface area contributed by atoms with Gasteiger partial charge in [0.15, 0.2) is 0 Å². The van der Waals surface area contributed by atoms with Crippen molar-refractivity contribution in [3.05, 3.63) is 23.7 Å². The quantitative estimate of drug-likeness (QED) is 0.800. The van der Waals surface area contributed by atoms with Gasteiger partial charge in [0, 0.05) is 6.61 Å². The van der Waals surface area contributed by atoms with Crippen LogP contribution < -0.4 is 5.32 Å². The molecular weight excluding hydrogens is 206 g/mol. The van der Waals surface area contributed by atoms with Gasteiger partial charge in [-0.25, -0.2) is 0 Å². The van der Waals surface area contributed by atoms with E-state index in [1.54, 1.807) is 0 Å². The zero-order valence-electron chi connectivity index (χ0n) is 9.70. The highest BCUT2D eigenvalue weighted by atomic mass is 16.5. The van der Waals surface area contributed by atoms with Gasteiger partial charge in [0.2, 0.25) is 0 Å². The lowest BCUT2D eigenvalue weighted by atomic mass is 10.2. The molecule has 1 aliphatic rings. The van der Waals surface area contributed by atoms with Crippen LogP contribution in [-0.2, 0) is 22.6 Å². The number of hydrogen-bond donors (Lipinski definition) is 1. The summed E-state index contributed by atoms with van der Waals surface area (Å²) in [4.78, 5) is 0. The summed E-state index contributed by atoms with van der Waals surface area (Å²) in [7, 11) is 1.90. The summed E-state index contributed by atoms with van der Waals surface area (Å²) < 4.78 is 16.6. The normalized spacial score (nSPS) is 20.4. The van der Waals surface area contributed by atoms with E-state index in [1.165, 1.54) is 0 Å². The van der Waals surface area contributed by atoms with Crippen LogP contribution in [0, 0.1) is 0 Å². The zero-order chi connectivity index (χ0) is 11.2. The smallest absolute Gasteiger partial charge is 0.129 e. The van der Waals surface area contributed by atoms with Crippen LogP contribution in [0.15, 0.2) is 16.5 Å². The maximum absolute atomic E-state index is 5.56. The van der Waals surface area contributed by atoms with Gasteiger partial charge in [-0.1, -0.05) is 0 Å². The Morgan fingerprint density at radius 1 is 1.44 bits per heavy atom. The third kappa shape index (κ3) is 3.33. The summed E-state index contributed by atoms with van der Waals surface area (Å²) >= 11 is 0. The van der Waals surface area contributed by atoms with Crippen LogP contribution >= 0.6 is 0 Å². The third-order valence-corrected chi connectivity index (χ3v) is 2.64. The topological polar surface area (TPSA) is 43.6 Å². The molecule has 1 unspecified atom stereocenters. The molecule has 0 bridgehead atoms. The molecule has 2 heterocycles. The van der Waals surface area contributed by atoms with Crippen LogP contribution in [0.4, 0.5) is 0 Å². The van der Waals surface area contributed by atoms with Crippen LogP contribution in [-0.4, -0.2) is 26.4 Å². The van der Waals surface area contributed by atoms with Gasteiger partial charge in [0.05, 0.1) is 19.3 Å². The van der Waals surface area contributed by atoms with Crippen LogP contribution in [0.5, 0.6) is 0 Å². The van der Waals surface area contributed by atoms with Gasteiger partial charge < -0.3 is 19.2 Å². The zero-order valence-corrected chi connectivity index (χ0v) is 9.70. The molecule has 4 heteroatoms. The van der Waals surface area contributed by atoms with Crippen molar-refractivity contribution in [1.29, 1.82) is 0 Å². The molecule has 4 nitrogen and oxygen atoms in total. The fourth-order valence-electron chi connectivity index (χ4n) is 1.84. The van der Waals surface area contributed by atoms with Gasteiger partial charge in [0.1, 0.15) is 18.1 Å². The number of hydrogen-bond acceptors (Lipinski definition) is 4. The molecule has 16 heavy (non-hydrogen) atoms. The van der Waals surface area contributed by atoms with E-state index in [1.807, 2.05) is 19.2 Å². The monoisotopic (exact) mass is 225 g/mol. The Bertz CT molecular complexity index is 305. The molecule has 0 radical (unpaired) electrons. The van der Waals surface area contributed by atoms with E-state index in [9.17, 15) is 0 Å². The second-order valence-electron chi connectivity index (χ2n) is 4.05. The molecule has 0 saturated carbocycles. The van der Waals surface area contributed by atoms with Crippen molar-refractivity contribution in [3.63, 3.8) is 0 Å². The summed E-state index contributed by atoms with van der Waals surface area (Å²) in [6, 6.07) is 3.93. The number of furan rings is 1. The van der Waals surface area contributed by atoms with Crippen molar-refractivity contribution in [2.45, 2.75) is 32.1 Å². The standard InChI is InChI=1S/C12H19NO3/c1-13-7-10-4-5-12(16-10)9-14-8-11-3-2-6-15-11/h4-5,11,13H,2-3,6-9H2,1H3. The van der Waals surface area contributed by atoms with Crippen LogP contribution in [0.25, 0.3) is 0 Å². The van der Waals surface area contributed by atoms with Crippen molar-refractivity contribution < 1.29 is 13.9 Å². The van der Waals surface area contributed by atoms with Crippen molar-refractivity contribution >= 4 is 0 Å². The molecule has 1 fully saturated rings. The summed E-state index contributed by atoms with van der Waals surface area (Å²) in [6.45, 7) is 2.83. The average Bonchev–Trinajstić information content (AvgIpc) is 2.90. The minimum absolute atomic E-state index is 0.284. The summed E-state index contributed by atoms with van der Waals surface area (Å²) in [6.07, 6.45) is 2.55. The van der Waals surface area contributed by atoms with E-state index in [-0.39, 0.29) is 6.10 Å². The Hall–Kier alpha value is -0.840. The first-order valence-corrected chi connectivity index (χ1v) is 5.80. The molecule has 0 aliphatic carbocycles. The Balaban J connectivity index is 1.67. The highest BCUT2D eigenvalue weighted by Crippen LogP contribution is 2.14. The molecule has 90 valence electrons. The minimum Gasteiger partial charge on any atom is -0.462 e. The van der Waals surface area contributed by atoms with Gasteiger partial charge >= 0.3 is 0 Å². The van der Waals surface area contributed by atoms with E-state index < -0.39 is 0 Å². The average molecular weight is 225 g/mol. The Morgan fingerprint density at radius 3 is 3.06 bits per heavy atom. The second kappa shape index (κ2) is 6.03. The lowest BCUT2D eigenvalue weighted by Crippen LogP contribution is -2.13. The fourth-order valence-corrected chi connectivity index (χ4v) is 1.84. The highest BCUT2D eigenvalue weighted by Gasteiger charge is 2.15. The maximum atomic E-state index is 5.56. The van der Waals surface area contributed by atoms with Gasteiger partial charge in [-0.2, -0.15) is 0 Å². The molecule has 1 aromatic heterocycles. The van der Waals surface area contributed by atoms with E-state index in [0.717, 1.165) is 37.5 Å². The Kier molecular flexibility index (Phi) is 4.39. The van der Waals surface area contributed by atoms with Gasteiger partial charge in [0.25, 0.3) is 0 Å². The fraction of sp³-hybridized carbons (Fsp3) is 0.667. The Morgan fingerprint density at radius 2 is 2.31 bits per heavy atom. The van der Waals surface area contributed by atoms with E-state index in [4.69, 9.17) is 13.9 Å². The lowest BCUT2D eigenvalue weighted by molar-refractivity contribution is 0.00557. The number of ether oxygens (including phenoxy) is 2. The van der Waals surface area contributed by atoms with Crippen molar-refractivity contribution in [2.75, 3.05) is 20.3 Å². The molecule has 0 amide bonds. The SMILES string of the molecule is CNCc1ccc(COCC2CCCO2)o1. The van der Waals surface area contributed by atoms with Crippen LogP contribution in [0.2, 0.25) is 0 Å². The van der Waals surface area contributed by atoms with Crippen molar-refractivity contribution in [1.82, 2.24) is 5.32 Å². The Labute approximate surface area is 95.9 Å². The third-order valence-electron chi connectivity index (χ3n) is 2.64. The minimum atomic E-state index is 0.284. The first kappa shape index (κ1) is 11.6. The molecule has 1 atom stereocenters. The van der Waals surface area contributed by atoms with Crippen LogP contribution in [0.3, 0.4) is 0 Å². The summed E-state index contributed by atoms with van der Waals surface area (Å²) in [5.41, 5.74) is 0. The van der Waals surface area contributed by atoms with E-state index in [0.29, 0.717) is 13.2 Å². The van der Waals surface area contributed by atoms with Crippen LogP contribution in [0.1, 0.15) is 24.4 Å². The molecule has 1 saturated heterocycles.